The lowest BCUT2D eigenvalue weighted by Gasteiger charge is -2.04. The fourth-order valence-corrected chi connectivity index (χ4v) is 2.21. The smallest absolute Gasteiger partial charge is 0.285 e. The zero-order chi connectivity index (χ0) is 17.8. The molecule has 128 valence electrons. The van der Waals surface area contributed by atoms with Gasteiger partial charge in [0.05, 0.1) is 24.8 Å². The van der Waals surface area contributed by atoms with Crippen molar-refractivity contribution in [2.45, 2.75) is 13.1 Å². The summed E-state index contributed by atoms with van der Waals surface area (Å²) in [6.45, 7) is 0.437. The highest BCUT2D eigenvalue weighted by Gasteiger charge is 2.10. The number of tetrazole rings is 1. The van der Waals surface area contributed by atoms with Gasteiger partial charge in [-0.25, -0.2) is 0 Å². The molecule has 0 fully saturated rings. The van der Waals surface area contributed by atoms with Crippen molar-refractivity contribution in [3.8, 4) is 17.1 Å². The Hall–Kier alpha value is -3.56. The lowest BCUT2D eigenvalue weighted by Crippen LogP contribution is -2.22. The fourth-order valence-electron chi connectivity index (χ4n) is 2.21. The molecule has 0 aliphatic heterocycles. The molecule has 0 N–H and O–H groups in total. The summed E-state index contributed by atoms with van der Waals surface area (Å²) in [6, 6.07) is 9.57. The molecule has 2 aromatic heterocycles. The van der Waals surface area contributed by atoms with Crippen LogP contribution in [0.2, 0.25) is 0 Å². The van der Waals surface area contributed by atoms with Gasteiger partial charge in [-0.3, -0.25) is 14.9 Å². The van der Waals surface area contributed by atoms with Crippen LogP contribution in [0.25, 0.3) is 11.4 Å². The highest BCUT2D eigenvalue weighted by atomic mass is 16.6. The topological polar surface area (TPSA) is 118 Å². The number of hydrogen-bond donors (Lipinski definition) is 0. The van der Waals surface area contributed by atoms with Crippen LogP contribution in [0.15, 0.2) is 47.4 Å². The van der Waals surface area contributed by atoms with Crippen LogP contribution in [0.5, 0.6) is 5.75 Å². The number of rotatable bonds is 6. The second kappa shape index (κ2) is 6.91. The van der Waals surface area contributed by atoms with E-state index in [0.29, 0.717) is 11.6 Å². The van der Waals surface area contributed by atoms with Crippen molar-refractivity contribution in [2.75, 3.05) is 7.11 Å². The number of methoxy groups -OCH3 is 1. The van der Waals surface area contributed by atoms with Crippen LogP contribution in [-0.2, 0) is 13.1 Å². The molecule has 25 heavy (non-hydrogen) atoms. The summed E-state index contributed by atoms with van der Waals surface area (Å²) in [4.78, 5) is 23.3. The van der Waals surface area contributed by atoms with Crippen LogP contribution in [0, 0.1) is 10.1 Å². The van der Waals surface area contributed by atoms with E-state index in [2.05, 4.69) is 15.4 Å². The van der Waals surface area contributed by atoms with Gasteiger partial charge in [-0.05, 0) is 17.3 Å². The first kappa shape index (κ1) is 16.3. The molecule has 0 aliphatic carbocycles. The van der Waals surface area contributed by atoms with E-state index in [1.54, 1.807) is 13.2 Å². The van der Waals surface area contributed by atoms with Crippen molar-refractivity contribution in [2.24, 2.45) is 0 Å². The zero-order valence-electron chi connectivity index (χ0n) is 13.3. The van der Waals surface area contributed by atoms with E-state index in [1.165, 1.54) is 21.6 Å². The Morgan fingerprint density at radius 3 is 2.84 bits per heavy atom. The first-order valence-electron chi connectivity index (χ1n) is 7.34. The van der Waals surface area contributed by atoms with Gasteiger partial charge in [0.1, 0.15) is 5.75 Å². The molecule has 3 aromatic rings. The number of nitro groups is 1. The van der Waals surface area contributed by atoms with Crippen LogP contribution in [0.3, 0.4) is 0 Å². The fraction of sp³-hybridized carbons (Fsp3) is 0.200. The van der Waals surface area contributed by atoms with Crippen LogP contribution in [-0.4, -0.2) is 36.8 Å². The summed E-state index contributed by atoms with van der Waals surface area (Å²) >= 11 is 0. The number of hydrogen-bond acceptors (Lipinski definition) is 7. The second-order valence-corrected chi connectivity index (χ2v) is 5.12. The largest absolute Gasteiger partial charge is 0.497 e. The van der Waals surface area contributed by atoms with E-state index in [9.17, 15) is 14.9 Å². The predicted molar refractivity (Wildman–Crippen MR) is 87.2 cm³/mol. The average Bonchev–Trinajstić information content (AvgIpc) is 3.10. The summed E-state index contributed by atoms with van der Waals surface area (Å²) in [5.74, 6) is 1.10. The van der Waals surface area contributed by atoms with E-state index in [1.807, 2.05) is 18.2 Å². The molecule has 0 spiro atoms. The van der Waals surface area contributed by atoms with Gasteiger partial charge in [-0.15, -0.1) is 10.2 Å². The summed E-state index contributed by atoms with van der Waals surface area (Å²) in [7, 11) is 1.57. The maximum absolute atomic E-state index is 11.8. The van der Waals surface area contributed by atoms with Gasteiger partial charge >= 0.3 is 0 Å². The Bertz CT molecular complexity index is 964. The van der Waals surface area contributed by atoms with Crippen molar-refractivity contribution >= 4 is 5.69 Å². The molecular weight excluding hydrogens is 328 g/mol. The van der Waals surface area contributed by atoms with Crippen molar-refractivity contribution in [3.05, 3.63) is 63.1 Å². The van der Waals surface area contributed by atoms with Gasteiger partial charge in [-0.1, -0.05) is 12.1 Å². The Balaban J connectivity index is 1.75. The first-order valence-corrected chi connectivity index (χ1v) is 7.34. The van der Waals surface area contributed by atoms with Crippen molar-refractivity contribution in [3.63, 3.8) is 0 Å². The van der Waals surface area contributed by atoms with Crippen molar-refractivity contribution in [1.82, 2.24) is 24.8 Å². The van der Waals surface area contributed by atoms with E-state index in [0.717, 1.165) is 11.6 Å². The van der Waals surface area contributed by atoms with Crippen LogP contribution in [0.1, 0.15) is 0 Å². The average molecular weight is 342 g/mol. The molecule has 0 saturated carbocycles. The Kier molecular flexibility index (Phi) is 4.50. The predicted octanol–water partition coefficient (Wildman–Crippen LogP) is 1.12. The first-order chi connectivity index (χ1) is 12.1. The van der Waals surface area contributed by atoms with Crippen molar-refractivity contribution < 1.29 is 9.66 Å². The standard InChI is InChI=1S/C15H14N6O4/c1-25-13-4-2-3-11(9-13)15-16-18-20(17-15)8-7-19-10-12(21(23)24)5-6-14(19)22/h2-6,9-10H,7-8H2,1H3. The second-order valence-electron chi connectivity index (χ2n) is 5.12. The lowest BCUT2D eigenvalue weighted by molar-refractivity contribution is -0.385. The number of benzene rings is 1. The molecule has 0 unspecified atom stereocenters. The normalized spacial score (nSPS) is 10.6. The summed E-state index contributed by atoms with van der Waals surface area (Å²) in [5.41, 5.74) is 0.264. The van der Waals surface area contributed by atoms with Gasteiger partial charge in [0.15, 0.2) is 0 Å². The molecular formula is C15H14N6O4. The minimum absolute atomic E-state index is 0.150. The number of pyridine rings is 1. The molecule has 0 atom stereocenters. The van der Waals surface area contributed by atoms with Gasteiger partial charge in [0.2, 0.25) is 5.82 Å². The summed E-state index contributed by atoms with van der Waals surface area (Å²) in [5, 5.41) is 22.9. The van der Waals surface area contributed by atoms with Crippen molar-refractivity contribution in [1.29, 1.82) is 0 Å². The highest BCUT2D eigenvalue weighted by Crippen LogP contribution is 2.19. The number of nitrogens with zero attached hydrogens (tertiary/aromatic N) is 6. The van der Waals surface area contributed by atoms with Gasteiger partial charge in [0, 0.05) is 24.2 Å². The molecule has 0 radical (unpaired) electrons. The minimum Gasteiger partial charge on any atom is -0.497 e. The third kappa shape index (κ3) is 3.68. The SMILES string of the molecule is COc1cccc(-c2nnn(CCn3cc([N+](=O)[O-])ccc3=O)n2)c1. The van der Waals surface area contributed by atoms with Crippen LogP contribution >= 0.6 is 0 Å². The van der Waals surface area contributed by atoms with E-state index >= 15 is 0 Å². The molecule has 3 rings (SSSR count). The minimum atomic E-state index is -0.551. The summed E-state index contributed by atoms with van der Waals surface area (Å²) < 4.78 is 6.40. The monoisotopic (exact) mass is 342 g/mol. The van der Waals surface area contributed by atoms with E-state index in [-0.39, 0.29) is 24.3 Å². The highest BCUT2D eigenvalue weighted by molar-refractivity contribution is 5.56. The maximum Gasteiger partial charge on any atom is 0.285 e. The third-order valence-electron chi connectivity index (χ3n) is 3.50. The Morgan fingerprint density at radius 1 is 1.24 bits per heavy atom. The number of aromatic nitrogens is 5. The Morgan fingerprint density at radius 2 is 2.08 bits per heavy atom. The van der Waals surface area contributed by atoms with Gasteiger partial charge < -0.3 is 9.30 Å². The lowest BCUT2D eigenvalue weighted by atomic mass is 10.2. The number of ether oxygens (including phenoxy) is 1. The molecule has 10 heteroatoms. The van der Waals surface area contributed by atoms with E-state index in [4.69, 9.17) is 4.74 Å². The number of aryl methyl sites for hydroxylation is 2. The van der Waals surface area contributed by atoms with E-state index < -0.39 is 4.92 Å². The molecule has 1 aromatic carbocycles. The van der Waals surface area contributed by atoms with Crippen LogP contribution < -0.4 is 10.3 Å². The Labute approximate surface area is 141 Å². The third-order valence-corrected chi connectivity index (χ3v) is 3.50. The molecule has 0 amide bonds. The molecule has 10 nitrogen and oxygen atoms in total. The molecule has 0 saturated heterocycles. The zero-order valence-corrected chi connectivity index (χ0v) is 13.3. The maximum atomic E-state index is 11.8. The molecule has 0 bridgehead atoms. The van der Waals surface area contributed by atoms with Gasteiger partial charge in [0.25, 0.3) is 11.2 Å². The van der Waals surface area contributed by atoms with Crippen LogP contribution in [0.4, 0.5) is 5.69 Å². The quantitative estimate of drug-likeness (QED) is 0.486. The molecule has 0 aliphatic rings. The summed E-state index contributed by atoms with van der Waals surface area (Å²) in [6.07, 6.45) is 1.20. The molecule has 2 heterocycles. The van der Waals surface area contributed by atoms with Gasteiger partial charge in [-0.2, -0.15) is 4.80 Å².